The molecule has 0 radical (unpaired) electrons. The molecule has 0 saturated carbocycles. The van der Waals surface area contributed by atoms with Crippen LogP contribution in [-0.2, 0) is 19.1 Å². The van der Waals surface area contributed by atoms with E-state index in [-0.39, 0.29) is 29.2 Å². The number of rotatable bonds is 6. The van der Waals surface area contributed by atoms with Crippen LogP contribution in [0.25, 0.3) is 0 Å². The van der Waals surface area contributed by atoms with E-state index in [1.54, 1.807) is 20.8 Å². The lowest BCUT2D eigenvalue weighted by atomic mass is 9.82. The predicted octanol–water partition coefficient (Wildman–Crippen LogP) is 2.46. The molecular formula is C15H22O4. The minimum atomic E-state index is -0.869. The zero-order chi connectivity index (χ0) is 14.7. The van der Waals surface area contributed by atoms with E-state index in [2.05, 4.69) is 0 Å². The van der Waals surface area contributed by atoms with Crippen LogP contribution in [0.15, 0.2) is 11.3 Å². The highest BCUT2D eigenvalue weighted by Gasteiger charge is 2.46. The molecule has 0 aromatic rings. The highest BCUT2D eigenvalue weighted by molar-refractivity contribution is 6.24. The Balaban J connectivity index is 3.05. The van der Waals surface area contributed by atoms with Gasteiger partial charge in [0.25, 0.3) is 0 Å². The van der Waals surface area contributed by atoms with Crippen LogP contribution in [-0.4, -0.2) is 23.5 Å². The highest BCUT2D eigenvalue weighted by Crippen LogP contribution is 2.34. The van der Waals surface area contributed by atoms with Gasteiger partial charge in [-0.05, 0) is 34.1 Å². The molecule has 0 saturated heterocycles. The fraction of sp³-hybridized carbons (Fsp3) is 0.667. The molecule has 2 atom stereocenters. The minimum absolute atomic E-state index is 0.104. The van der Waals surface area contributed by atoms with Crippen LogP contribution in [0.1, 0.15) is 47.5 Å². The Kier molecular flexibility index (Phi) is 5.04. The zero-order valence-corrected chi connectivity index (χ0v) is 12.3. The average molecular weight is 266 g/mol. The highest BCUT2D eigenvalue weighted by atomic mass is 16.5. The molecule has 0 fully saturated rings. The molecule has 19 heavy (non-hydrogen) atoms. The van der Waals surface area contributed by atoms with Gasteiger partial charge < -0.3 is 4.74 Å². The lowest BCUT2D eigenvalue weighted by Gasteiger charge is -2.18. The lowest BCUT2D eigenvalue weighted by Crippen LogP contribution is -2.32. The standard InChI is InChI=1S/C15H22O4/c1-6-7-11(10(5)16)12-13(17)9(4)15(14(12)18)19-8(2)3/h8,11-12H,6-7H2,1-5H3. The Labute approximate surface area is 114 Å². The van der Waals surface area contributed by atoms with Crippen molar-refractivity contribution in [2.45, 2.75) is 53.6 Å². The van der Waals surface area contributed by atoms with Crippen LogP contribution in [0.5, 0.6) is 0 Å². The van der Waals surface area contributed by atoms with Gasteiger partial charge in [-0.2, -0.15) is 0 Å². The molecule has 0 bridgehead atoms. The quantitative estimate of drug-likeness (QED) is 0.693. The SMILES string of the molecule is CCCC(C(C)=O)C1C(=O)C(C)=C(OC(C)C)C1=O. The molecule has 0 aromatic carbocycles. The van der Waals surface area contributed by atoms with Crippen molar-refractivity contribution in [3.63, 3.8) is 0 Å². The van der Waals surface area contributed by atoms with Crippen LogP contribution in [0, 0.1) is 11.8 Å². The lowest BCUT2D eigenvalue weighted by molar-refractivity contribution is -0.136. The monoisotopic (exact) mass is 266 g/mol. The van der Waals surface area contributed by atoms with E-state index >= 15 is 0 Å². The van der Waals surface area contributed by atoms with Crippen LogP contribution >= 0.6 is 0 Å². The number of Topliss-reactive ketones (excluding diaryl/α,β-unsaturated/α-hetero) is 3. The maximum atomic E-state index is 12.3. The summed E-state index contributed by atoms with van der Waals surface area (Å²) in [6.07, 6.45) is 1.16. The smallest absolute Gasteiger partial charge is 0.209 e. The van der Waals surface area contributed by atoms with Gasteiger partial charge in [0.15, 0.2) is 11.5 Å². The van der Waals surface area contributed by atoms with Gasteiger partial charge in [0.05, 0.1) is 12.0 Å². The number of hydrogen-bond acceptors (Lipinski definition) is 4. The molecule has 0 spiro atoms. The molecule has 2 unspecified atom stereocenters. The van der Waals surface area contributed by atoms with Crippen molar-refractivity contribution in [2.75, 3.05) is 0 Å². The number of ketones is 3. The van der Waals surface area contributed by atoms with Gasteiger partial charge in [-0.15, -0.1) is 0 Å². The van der Waals surface area contributed by atoms with Gasteiger partial charge in [0.1, 0.15) is 5.78 Å². The van der Waals surface area contributed by atoms with Gasteiger partial charge in [-0.1, -0.05) is 13.3 Å². The molecule has 1 aliphatic rings. The van der Waals surface area contributed by atoms with Gasteiger partial charge >= 0.3 is 0 Å². The number of allylic oxidation sites excluding steroid dienone is 2. The van der Waals surface area contributed by atoms with Crippen molar-refractivity contribution in [1.29, 1.82) is 0 Å². The van der Waals surface area contributed by atoms with Gasteiger partial charge in [-0.25, -0.2) is 0 Å². The van der Waals surface area contributed by atoms with Gasteiger partial charge in [0, 0.05) is 11.5 Å². The molecule has 0 amide bonds. The Bertz CT molecular complexity index is 431. The van der Waals surface area contributed by atoms with Gasteiger partial charge in [-0.3, -0.25) is 14.4 Å². The Morgan fingerprint density at radius 3 is 2.26 bits per heavy atom. The van der Waals surface area contributed by atoms with Crippen molar-refractivity contribution in [2.24, 2.45) is 11.8 Å². The molecule has 0 aliphatic heterocycles. The van der Waals surface area contributed by atoms with Crippen molar-refractivity contribution >= 4 is 17.3 Å². The first-order chi connectivity index (χ1) is 8.81. The van der Waals surface area contributed by atoms with Crippen LogP contribution in [0.2, 0.25) is 0 Å². The summed E-state index contributed by atoms with van der Waals surface area (Å²) in [6.45, 7) is 8.59. The zero-order valence-electron chi connectivity index (χ0n) is 12.3. The number of ether oxygens (including phenoxy) is 1. The molecular weight excluding hydrogens is 244 g/mol. The molecule has 0 aromatic heterocycles. The molecule has 1 aliphatic carbocycles. The van der Waals surface area contributed by atoms with Crippen LogP contribution < -0.4 is 0 Å². The summed E-state index contributed by atoms with van der Waals surface area (Å²) in [6, 6.07) is 0. The summed E-state index contributed by atoms with van der Waals surface area (Å²) in [5.74, 6) is -1.93. The van der Waals surface area contributed by atoms with E-state index in [0.717, 1.165) is 6.42 Å². The van der Waals surface area contributed by atoms with Crippen molar-refractivity contribution < 1.29 is 19.1 Å². The maximum absolute atomic E-state index is 12.3. The number of hydrogen-bond donors (Lipinski definition) is 0. The minimum Gasteiger partial charge on any atom is -0.487 e. The summed E-state index contributed by atoms with van der Waals surface area (Å²) in [7, 11) is 0. The molecule has 106 valence electrons. The molecule has 0 heterocycles. The second kappa shape index (κ2) is 6.13. The summed E-state index contributed by atoms with van der Waals surface area (Å²) >= 11 is 0. The Morgan fingerprint density at radius 1 is 1.26 bits per heavy atom. The normalized spacial score (nSPS) is 21.3. The van der Waals surface area contributed by atoms with E-state index in [0.29, 0.717) is 12.0 Å². The maximum Gasteiger partial charge on any atom is 0.209 e. The van der Waals surface area contributed by atoms with Crippen molar-refractivity contribution in [3.8, 4) is 0 Å². The van der Waals surface area contributed by atoms with E-state index in [9.17, 15) is 14.4 Å². The Morgan fingerprint density at radius 2 is 1.84 bits per heavy atom. The summed E-state index contributed by atoms with van der Waals surface area (Å²) < 4.78 is 5.44. The first-order valence-electron chi connectivity index (χ1n) is 6.77. The fourth-order valence-electron chi connectivity index (χ4n) is 2.45. The molecule has 1 rings (SSSR count). The first-order valence-corrected chi connectivity index (χ1v) is 6.77. The van der Waals surface area contributed by atoms with E-state index in [1.165, 1.54) is 6.92 Å². The summed E-state index contributed by atoms with van der Waals surface area (Å²) in [5.41, 5.74) is 0.353. The topological polar surface area (TPSA) is 60.4 Å². The summed E-state index contributed by atoms with van der Waals surface area (Å²) in [5, 5.41) is 0. The van der Waals surface area contributed by atoms with Crippen LogP contribution in [0.3, 0.4) is 0 Å². The Hall–Kier alpha value is -1.45. The second-order valence-electron chi connectivity index (χ2n) is 5.33. The number of carbonyl (C=O) groups is 3. The molecule has 0 N–H and O–H groups in total. The van der Waals surface area contributed by atoms with Gasteiger partial charge in [0.2, 0.25) is 5.78 Å². The van der Waals surface area contributed by atoms with E-state index in [4.69, 9.17) is 4.74 Å². The number of carbonyl (C=O) groups excluding carboxylic acids is 3. The van der Waals surface area contributed by atoms with Crippen molar-refractivity contribution in [3.05, 3.63) is 11.3 Å². The van der Waals surface area contributed by atoms with E-state index in [1.807, 2.05) is 6.92 Å². The van der Waals surface area contributed by atoms with E-state index < -0.39 is 11.8 Å². The fourth-order valence-corrected chi connectivity index (χ4v) is 2.45. The molecule has 4 nitrogen and oxygen atoms in total. The van der Waals surface area contributed by atoms with Crippen LogP contribution in [0.4, 0.5) is 0 Å². The third-order valence-electron chi connectivity index (χ3n) is 3.38. The largest absolute Gasteiger partial charge is 0.487 e. The third kappa shape index (κ3) is 3.11. The summed E-state index contributed by atoms with van der Waals surface area (Å²) in [4.78, 5) is 36.2. The van der Waals surface area contributed by atoms with Crippen molar-refractivity contribution in [1.82, 2.24) is 0 Å². The second-order valence-corrected chi connectivity index (χ2v) is 5.33. The predicted molar refractivity (Wildman–Crippen MR) is 71.5 cm³/mol. The third-order valence-corrected chi connectivity index (χ3v) is 3.38. The first kappa shape index (κ1) is 15.6. The molecule has 4 heteroatoms. The average Bonchev–Trinajstić information content (AvgIpc) is 2.51.